The zero-order valence-corrected chi connectivity index (χ0v) is 20.5. The molecule has 0 fully saturated rings. The van der Waals surface area contributed by atoms with Gasteiger partial charge in [-0.2, -0.15) is 0 Å². The zero-order valence-electron chi connectivity index (χ0n) is 20.5. The van der Waals surface area contributed by atoms with E-state index in [4.69, 9.17) is 9.47 Å². The maximum Gasteiger partial charge on any atom is 0.408 e. The summed E-state index contributed by atoms with van der Waals surface area (Å²) in [7, 11) is 0. The topological polar surface area (TPSA) is 102 Å². The Hall–Kier alpha value is -3.68. The number of esters is 1. The monoisotopic (exact) mass is 478 g/mol. The highest BCUT2D eigenvalue weighted by molar-refractivity contribution is 6.21. The lowest BCUT2D eigenvalue weighted by Crippen LogP contribution is -2.49. The molecule has 35 heavy (non-hydrogen) atoms. The summed E-state index contributed by atoms with van der Waals surface area (Å²) in [4.78, 5) is 53.3. The van der Waals surface area contributed by atoms with Gasteiger partial charge in [0.2, 0.25) is 0 Å². The highest BCUT2D eigenvalue weighted by atomic mass is 16.6. The van der Waals surface area contributed by atoms with Crippen LogP contribution in [0, 0.1) is 5.92 Å². The van der Waals surface area contributed by atoms with Gasteiger partial charge in [0.05, 0.1) is 11.1 Å². The van der Waals surface area contributed by atoms with Crippen LogP contribution in [0.2, 0.25) is 0 Å². The minimum atomic E-state index is -0.962. The predicted molar refractivity (Wildman–Crippen MR) is 128 cm³/mol. The highest BCUT2D eigenvalue weighted by Gasteiger charge is 2.48. The van der Waals surface area contributed by atoms with E-state index in [-0.39, 0.29) is 5.92 Å². The van der Waals surface area contributed by atoms with Crippen LogP contribution >= 0.6 is 0 Å². The minimum absolute atomic E-state index is 0.281. The van der Waals surface area contributed by atoms with Crippen LogP contribution < -0.4 is 5.32 Å². The maximum absolute atomic E-state index is 13.3. The van der Waals surface area contributed by atoms with Crippen LogP contribution in [0.4, 0.5) is 4.79 Å². The Labute approximate surface area is 204 Å². The molecule has 2 aliphatic rings. The van der Waals surface area contributed by atoms with Gasteiger partial charge in [0.1, 0.15) is 23.8 Å². The molecule has 1 heterocycles. The molecule has 0 aromatic heterocycles. The predicted octanol–water partition coefficient (Wildman–Crippen LogP) is 4.04. The molecule has 3 amide bonds. The molecular formula is C27H30N2O6. The van der Waals surface area contributed by atoms with Gasteiger partial charge in [0.15, 0.2) is 0 Å². The summed E-state index contributed by atoms with van der Waals surface area (Å²) in [5.41, 5.74) is 1.60. The second kappa shape index (κ2) is 9.17. The quantitative estimate of drug-likeness (QED) is 0.514. The number of imide groups is 1. The number of amides is 3. The highest BCUT2D eigenvalue weighted by Crippen LogP contribution is 2.41. The molecule has 8 heteroatoms. The summed E-state index contributed by atoms with van der Waals surface area (Å²) in [6.45, 7) is 8.77. The molecule has 8 nitrogen and oxygen atoms in total. The van der Waals surface area contributed by atoms with Crippen molar-refractivity contribution in [2.24, 2.45) is 5.92 Å². The fraction of sp³-hybridized carbons (Fsp3) is 0.407. The zero-order chi connectivity index (χ0) is 25.5. The van der Waals surface area contributed by atoms with Crippen molar-refractivity contribution in [3.63, 3.8) is 0 Å². The van der Waals surface area contributed by atoms with Crippen LogP contribution in [0.15, 0.2) is 48.5 Å². The van der Waals surface area contributed by atoms with Crippen molar-refractivity contribution in [3.05, 3.63) is 70.8 Å². The van der Waals surface area contributed by atoms with E-state index in [0.717, 1.165) is 11.1 Å². The molecule has 0 unspecified atom stereocenters. The Balaban J connectivity index is 1.60. The standard InChI is InChI=1S/C27H30N2O6/c1-15(2)21(28-26(33)35-27(3,4)5)25(32)34-20-14-16-10-6-7-11-17(16)22(20)29-23(30)18-12-8-9-13-19(18)24(29)31/h6-13,15,20-22H,14H2,1-5H3,(H,28,33)/t20-,21-,22+/m0/s1. The van der Waals surface area contributed by atoms with E-state index in [1.165, 1.54) is 4.90 Å². The van der Waals surface area contributed by atoms with E-state index in [0.29, 0.717) is 17.5 Å². The van der Waals surface area contributed by atoms with Crippen molar-refractivity contribution in [1.29, 1.82) is 0 Å². The van der Waals surface area contributed by atoms with Crippen LogP contribution in [-0.4, -0.2) is 46.5 Å². The number of nitrogens with zero attached hydrogens (tertiary/aromatic N) is 1. The summed E-state index contributed by atoms with van der Waals surface area (Å²) >= 11 is 0. The fourth-order valence-corrected chi connectivity index (χ4v) is 4.56. The van der Waals surface area contributed by atoms with Gasteiger partial charge in [0, 0.05) is 6.42 Å². The molecule has 0 saturated carbocycles. The number of ether oxygens (including phenoxy) is 2. The first-order valence-corrected chi connectivity index (χ1v) is 11.7. The Kier molecular flexibility index (Phi) is 6.40. The third-order valence-electron chi connectivity index (χ3n) is 6.11. The number of rotatable bonds is 5. The summed E-state index contributed by atoms with van der Waals surface area (Å²) < 4.78 is 11.2. The second-order valence-electron chi connectivity index (χ2n) is 10.2. The Morgan fingerprint density at radius 3 is 2.11 bits per heavy atom. The number of fused-ring (bicyclic) bond motifs is 2. The molecule has 184 valence electrons. The van der Waals surface area contributed by atoms with E-state index in [1.54, 1.807) is 58.9 Å². The number of carbonyl (C=O) groups excluding carboxylic acids is 4. The first-order chi connectivity index (χ1) is 16.5. The van der Waals surface area contributed by atoms with Crippen molar-refractivity contribution in [1.82, 2.24) is 10.2 Å². The molecule has 0 bridgehead atoms. The molecule has 0 radical (unpaired) electrons. The molecule has 0 saturated heterocycles. The van der Waals surface area contributed by atoms with Gasteiger partial charge in [-0.05, 0) is 49.9 Å². The fourth-order valence-electron chi connectivity index (χ4n) is 4.56. The van der Waals surface area contributed by atoms with E-state index in [1.807, 2.05) is 24.3 Å². The maximum atomic E-state index is 13.3. The SMILES string of the molecule is CC(C)[C@H](NC(=O)OC(C)(C)C)C(=O)O[C@H]1Cc2ccccc2[C@H]1N1C(=O)c2ccccc2C1=O. The Morgan fingerprint density at radius 1 is 0.971 bits per heavy atom. The number of benzene rings is 2. The molecule has 2 aromatic carbocycles. The van der Waals surface area contributed by atoms with Crippen LogP contribution in [-0.2, 0) is 20.7 Å². The van der Waals surface area contributed by atoms with Crippen LogP contribution in [0.5, 0.6) is 0 Å². The van der Waals surface area contributed by atoms with Crippen molar-refractivity contribution in [2.45, 2.75) is 64.8 Å². The summed E-state index contributed by atoms with van der Waals surface area (Å²) in [6, 6.07) is 12.4. The average molecular weight is 479 g/mol. The van der Waals surface area contributed by atoms with Crippen LogP contribution in [0.3, 0.4) is 0 Å². The van der Waals surface area contributed by atoms with E-state index in [2.05, 4.69) is 5.32 Å². The van der Waals surface area contributed by atoms with Gasteiger partial charge in [-0.25, -0.2) is 9.59 Å². The molecular weight excluding hydrogens is 448 g/mol. The lowest BCUT2D eigenvalue weighted by molar-refractivity contribution is -0.155. The normalized spacial score (nSPS) is 19.9. The van der Waals surface area contributed by atoms with E-state index < -0.39 is 47.7 Å². The third kappa shape index (κ3) is 4.78. The van der Waals surface area contributed by atoms with Crippen LogP contribution in [0.1, 0.15) is 72.5 Å². The molecule has 1 aliphatic heterocycles. The average Bonchev–Trinajstić information content (AvgIpc) is 3.25. The number of hydrogen-bond acceptors (Lipinski definition) is 6. The summed E-state index contributed by atoms with van der Waals surface area (Å²) in [5.74, 6) is -1.76. The second-order valence-corrected chi connectivity index (χ2v) is 10.2. The molecule has 3 atom stereocenters. The lowest BCUT2D eigenvalue weighted by atomic mass is 10.0. The number of hydrogen-bond donors (Lipinski definition) is 1. The third-order valence-corrected chi connectivity index (χ3v) is 6.11. The first kappa shape index (κ1) is 24.4. The Morgan fingerprint density at radius 2 is 1.54 bits per heavy atom. The van der Waals surface area contributed by atoms with Gasteiger partial charge < -0.3 is 14.8 Å². The number of carbonyl (C=O) groups is 4. The summed E-state index contributed by atoms with van der Waals surface area (Å²) in [5, 5.41) is 2.60. The molecule has 0 spiro atoms. The molecule has 4 rings (SSSR count). The van der Waals surface area contributed by atoms with Crippen molar-refractivity contribution in [3.8, 4) is 0 Å². The van der Waals surface area contributed by atoms with Gasteiger partial charge >= 0.3 is 12.1 Å². The van der Waals surface area contributed by atoms with Crippen LogP contribution in [0.25, 0.3) is 0 Å². The van der Waals surface area contributed by atoms with E-state index >= 15 is 0 Å². The molecule has 1 aliphatic carbocycles. The smallest absolute Gasteiger partial charge is 0.408 e. The molecule has 2 aromatic rings. The Bertz CT molecular complexity index is 1150. The van der Waals surface area contributed by atoms with Gasteiger partial charge in [0.25, 0.3) is 11.8 Å². The number of nitrogens with one attached hydrogen (secondary N) is 1. The van der Waals surface area contributed by atoms with E-state index in [9.17, 15) is 19.2 Å². The summed E-state index contributed by atoms with van der Waals surface area (Å²) in [6.07, 6.45) is -1.17. The first-order valence-electron chi connectivity index (χ1n) is 11.7. The largest absolute Gasteiger partial charge is 0.458 e. The molecule has 1 N–H and O–H groups in total. The number of alkyl carbamates (subject to hydrolysis) is 1. The lowest BCUT2D eigenvalue weighted by Gasteiger charge is -2.30. The van der Waals surface area contributed by atoms with Crippen molar-refractivity contribution in [2.75, 3.05) is 0 Å². The van der Waals surface area contributed by atoms with Crippen molar-refractivity contribution < 1.29 is 28.7 Å². The minimum Gasteiger partial charge on any atom is -0.458 e. The van der Waals surface area contributed by atoms with Gasteiger partial charge in [-0.15, -0.1) is 0 Å². The van der Waals surface area contributed by atoms with Gasteiger partial charge in [-0.1, -0.05) is 50.2 Å². The van der Waals surface area contributed by atoms with Crippen molar-refractivity contribution >= 4 is 23.9 Å². The van der Waals surface area contributed by atoms with Gasteiger partial charge in [-0.3, -0.25) is 14.5 Å².